The van der Waals surface area contributed by atoms with Crippen LogP contribution in [0.5, 0.6) is 0 Å². The zero-order valence-electron chi connectivity index (χ0n) is 20.2. The van der Waals surface area contributed by atoms with Gasteiger partial charge in [0.2, 0.25) is 0 Å². The molecule has 0 amide bonds. The van der Waals surface area contributed by atoms with Crippen LogP contribution in [0.25, 0.3) is 0 Å². The van der Waals surface area contributed by atoms with Crippen molar-refractivity contribution in [2.75, 3.05) is 0 Å². The molecule has 0 aromatic heterocycles. The molecule has 0 aromatic rings. The van der Waals surface area contributed by atoms with E-state index in [4.69, 9.17) is 0 Å². The second-order valence-corrected chi connectivity index (χ2v) is 9.44. The number of carbonyl (C=O) groups is 2. The molecule has 4 heteroatoms. The van der Waals surface area contributed by atoms with E-state index in [-0.39, 0.29) is 23.7 Å². The minimum Gasteiger partial charge on any atom is -0.481 e. The number of aliphatic carboxylic acids is 2. The van der Waals surface area contributed by atoms with Gasteiger partial charge >= 0.3 is 11.9 Å². The molecule has 0 saturated carbocycles. The quantitative estimate of drug-likeness (QED) is 0.123. The van der Waals surface area contributed by atoms with Gasteiger partial charge in [-0.2, -0.15) is 0 Å². The molecule has 182 valence electrons. The topological polar surface area (TPSA) is 74.6 Å². The number of rotatable bonds is 23. The molecule has 0 spiro atoms. The Morgan fingerprint density at radius 1 is 0.531 bits per heavy atom. The molecule has 0 aliphatic heterocycles. The van der Waals surface area contributed by atoms with Crippen LogP contribution in [0.3, 0.4) is 0 Å². The van der Waals surface area contributed by atoms with Crippen LogP contribution in [-0.2, 0) is 9.59 Å². The van der Waals surface area contributed by atoms with Gasteiger partial charge < -0.3 is 10.2 Å². The average molecular weight is 447 g/mol. The van der Waals surface area contributed by atoms with E-state index >= 15 is 0 Å². The van der Waals surface area contributed by atoms with Gasteiger partial charge in [0, 0.05) is 0 Å². The van der Waals surface area contributed by atoms with Gasteiger partial charge in [-0.15, -0.1) is 26.3 Å². The number of unbranched alkanes of at least 4 members (excludes halogenated alkanes) is 7. The molecular formula is C28H46O4. The van der Waals surface area contributed by atoms with Crippen LogP contribution in [-0.4, -0.2) is 22.2 Å². The van der Waals surface area contributed by atoms with Crippen LogP contribution < -0.4 is 0 Å². The Morgan fingerprint density at radius 3 is 1.00 bits per heavy atom. The van der Waals surface area contributed by atoms with E-state index in [1.165, 1.54) is 25.7 Å². The molecule has 0 aromatic carbocycles. The first-order valence-electron chi connectivity index (χ1n) is 12.2. The molecule has 0 aliphatic carbocycles. The first-order valence-corrected chi connectivity index (χ1v) is 12.2. The third-order valence-corrected chi connectivity index (χ3v) is 6.53. The summed E-state index contributed by atoms with van der Waals surface area (Å²) in [6, 6.07) is 0. The first kappa shape index (κ1) is 29.9. The van der Waals surface area contributed by atoms with Crippen molar-refractivity contribution >= 4 is 11.9 Å². The molecule has 0 heterocycles. The fraction of sp³-hybridized carbons (Fsp3) is 0.643. The summed E-state index contributed by atoms with van der Waals surface area (Å²) in [5.74, 6) is -1.50. The summed E-state index contributed by atoms with van der Waals surface area (Å²) < 4.78 is 0. The minimum absolute atomic E-state index is 0.173. The van der Waals surface area contributed by atoms with Crippen molar-refractivity contribution in [2.24, 2.45) is 10.8 Å². The molecule has 0 saturated heterocycles. The summed E-state index contributed by atoms with van der Waals surface area (Å²) in [6.45, 7) is 15.2. The lowest BCUT2D eigenvalue weighted by Crippen LogP contribution is -2.23. The molecule has 0 radical (unpaired) electrons. The third kappa shape index (κ3) is 13.3. The summed E-state index contributed by atoms with van der Waals surface area (Å²) in [5.41, 5.74) is -0.483. The fourth-order valence-electron chi connectivity index (χ4n) is 4.97. The first-order chi connectivity index (χ1) is 15.3. The van der Waals surface area contributed by atoms with Crippen molar-refractivity contribution in [2.45, 2.75) is 103 Å². The average Bonchev–Trinajstić information content (AvgIpc) is 2.69. The summed E-state index contributed by atoms with van der Waals surface area (Å²) in [6.07, 6.45) is 21.4. The van der Waals surface area contributed by atoms with Crippen LogP contribution in [0.1, 0.15) is 103 Å². The summed E-state index contributed by atoms with van der Waals surface area (Å²) >= 11 is 0. The maximum absolute atomic E-state index is 11.3. The molecule has 0 bridgehead atoms. The van der Waals surface area contributed by atoms with Crippen molar-refractivity contribution < 1.29 is 19.8 Å². The van der Waals surface area contributed by atoms with Crippen molar-refractivity contribution in [3.63, 3.8) is 0 Å². The van der Waals surface area contributed by atoms with Gasteiger partial charge in [-0.05, 0) is 49.4 Å². The number of allylic oxidation sites excluding steroid dienone is 4. The third-order valence-electron chi connectivity index (χ3n) is 6.53. The normalized spacial score (nSPS) is 11.6. The molecule has 0 atom stereocenters. The Balaban J connectivity index is 4.20. The van der Waals surface area contributed by atoms with E-state index in [1.807, 2.05) is 24.3 Å². The highest BCUT2D eigenvalue weighted by Crippen LogP contribution is 2.39. The highest BCUT2D eigenvalue weighted by Gasteiger charge is 2.30. The fourth-order valence-corrected chi connectivity index (χ4v) is 4.97. The molecule has 2 N–H and O–H groups in total. The van der Waals surface area contributed by atoms with Crippen molar-refractivity contribution in [1.29, 1.82) is 0 Å². The highest BCUT2D eigenvalue weighted by atomic mass is 16.4. The molecular weight excluding hydrogens is 400 g/mol. The van der Waals surface area contributed by atoms with Gasteiger partial charge in [0.1, 0.15) is 0 Å². The lowest BCUT2D eigenvalue weighted by molar-refractivity contribution is -0.141. The maximum atomic E-state index is 11.3. The number of carboxylic acids is 2. The Bertz CT molecular complexity index is 518. The Hall–Kier alpha value is -2.10. The van der Waals surface area contributed by atoms with Crippen molar-refractivity contribution in [3.05, 3.63) is 50.6 Å². The van der Waals surface area contributed by atoms with E-state index in [1.54, 1.807) is 0 Å². The minimum atomic E-state index is -0.748. The van der Waals surface area contributed by atoms with E-state index in [2.05, 4.69) is 26.3 Å². The van der Waals surface area contributed by atoms with Gasteiger partial charge in [0.25, 0.3) is 0 Å². The second-order valence-electron chi connectivity index (χ2n) is 9.44. The molecule has 0 fully saturated rings. The van der Waals surface area contributed by atoms with E-state index in [9.17, 15) is 19.8 Å². The smallest absolute Gasteiger partial charge is 0.303 e. The van der Waals surface area contributed by atoms with Gasteiger partial charge in [0.05, 0.1) is 12.8 Å². The second kappa shape index (κ2) is 17.5. The largest absolute Gasteiger partial charge is 0.481 e. The number of carboxylic acid groups (broad SMARTS) is 2. The monoisotopic (exact) mass is 446 g/mol. The Labute approximate surface area is 196 Å². The van der Waals surface area contributed by atoms with E-state index in [0.717, 1.165) is 38.5 Å². The lowest BCUT2D eigenvalue weighted by Gasteiger charge is -2.30. The standard InChI is InChI=1S/C28H46O4/c1-5-17-27(18-6-2,23-25(29)30)21-15-13-11-9-10-12-14-16-22-28(19-7-3,20-8-4)24-26(31)32/h5-8H,1-4,9-24H2,(H,29,30)(H,31,32). The number of hydrogen-bond acceptors (Lipinski definition) is 2. The lowest BCUT2D eigenvalue weighted by atomic mass is 9.74. The summed E-state index contributed by atoms with van der Waals surface area (Å²) in [7, 11) is 0. The Morgan fingerprint density at radius 2 is 0.781 bits per heavy atom. The molecule has 32 heavy (non-hydrogen) atoms. The maximum Gasteiger partial charge on any atom is 0.303 e. The SMILES string of the molecule is C=CCC(CC=C)(CCCCCCCCCCC(CC=C)(CC=C)CC(=O)O)CC(=O)O. The van der Waals surface area contributed by atoms with Gasteiger partial charge in [-0.3, -0.25) is 9.59 Å². The van der Waals surface area contributed by atoms with Crippen molar-refractivity contribution in [3.8, 4) is 0 Å². The van der Waals surface area contributed by atoms with Crippen molar-refractivity contribution in [1.82, 2.24) is 0 Å². The van der Waals surface area contributed by atoms with E-state index < -0.39 is 11.9 Å². The van der Waals surface area contributed by atoms with E-state index in [0.29, 0.717) is 25.7 Å². The van der Waals surface area contributed by atoms with Gasteiger partial charge in [-0.25, -0.2) is 0 Å². The number of hydrogen-bond donors (Lipinski definition) is 2. The van der Waals surface area contributed by atoms with Crippen LogP contribution in [0.15, 0.2) is 50.6 Å². The molecule has 0 unspecified atom stereocenters. The predicted molar refractivity (Wildman–Crippen MR) is 135 cm³/mol. The molecule has 4 nitrogen and oxygen atoms in total. The van der Waals surface area contributed by atoms with Crippen LogP contribution in [0.4, 0.5) is 0 Å². The van der Waals surface area contributed by atoms with Gasteiger partial charge in [-0.1, -0.05) is 75.7 Å². The summed E-state index contributed by atoms with van der Waals surface area (Å²) in [5, 5.41) is 18.6. The Kier molecular flexibility index (Phi) is 16.3. The van der Waals surface area contributed by atoms with Crippen LogP contribution in [0, 0.1) is 10.8 Å². The highest BCUT2D eigenvalue weighted by molar-refractivity contribution is 5.68. The molecule has 0 rings (SSSR count). The van der Waals surface area contributed by atoms with Gasteiger partial charge in [0.15, 0.2) is 0 Å². The van der Waals surface area contributed by atoms with Crippen LogP contribution in [0.2, 0.25) is 0 Å². The summed E-state index contributed by atoms with van der Waals surface area (Å²) in [4.78, 5) is 22.6. The van der Waals surface area contributed by atoms with Crippen LogP contribution >= 0.6 is 0 Å². The molecule has 0 aliphatic rings. The predicted octanol–water partition coefficient (Wildman–Crippen LogP) is 8.11. The zero-order chi connectivity index (χ0) is 24.3. The zero-order valence-corrected chi connectivity index (χ0v) is 20.2.